The first-order chi connectivity index (χ1) is 16.4. The lowest BCUT2D eigenvalue weighted by atomic mass is 10.2. The molecule has 0 aromatic heterocycles. The summed E-state index contributed by atoms with van der Waals surface area (Å²) in [7, 11) is 0. The van der Waals surface area contributed by atoms with Crippen LogP contribution in [-0.2, 0) is 9.59 Å². The molecule has 2 aliphatic rings. The van der Waals surface area contributed by atoms with Crippen LogP contribution in [0.4, 0.5) is 11.4 Å². The number of rotatable bonds is 6. The minimum atomic E-state index is -0.374. The van der Waals surface area contributed by atoms with Crippen LogP contribution in [0.25, 0.3) is 6.08 Å². The third kappa shape index (κ3) is 5.59. The van der Waals surface area contributed by atoms with E-state index in [-0.39, 0.29) is 22.4 Å². The number of nitrogens with zero attached hydrogens (tertiary/aromatic N) is 4. The second kappa shape index (κ2) is 10.7. The van der Waals surface area contributed by atoms with Crippen molar-refractivity contribution in [2.24, 2.45) is 0 Å². The van der Waals surface area contributed by atoms with Gasteiger partial charge in [-0.3, -0.25) is 19.7 Å². The van der Waals surface area contributed by atoms with Gasteiger partial charge in [0.15, 0.2) is 0 Å². The molecular weight excluding hydrogens is 452 g/mol. The van der Waals surface area contributed by atoms with Crippen LogP contribution in [0.2, 0.25) is 0 Å². The number of carbonyl (C=O) groups excluding carboxylic acids is 2. The molecule has 0 atom stereocenters. The molecular formula is C25H28N4O4S. The number of benzene rings is 2. The maximum absolute atomic E-state index is 12.5. The van der Waals surface area contributed by atoms with Gasteiger partial charge >= 0.3 is 0 Å². The molecule has 9 heteroatoms. The summed E-state index contributed by atoms with van der Waals surface area (Å²) in [6.45, 7) is 5.53. The zero-order valence-corrected chi connectivity index (χ0v) is 20.0. The van der Waals surface area contributed by atoms with Crippen molar-refractivity contribution in [2.45, 2.75) is 29.6 Å². The molecule has 0 radical (unpaired) electrons. The first-order valence-electron chi connectivity index (χ1n) is 11.4. The smallest absolute Gasteiger partial charge is 0.283 e. The lowest BCUT2D eigenvalue weighted by Crippen LogP contribution is -2.49. The Morgan fingerprint density at radius 3 is 2.29 bits per heavy atom. The Kier molecular flexibility index (Phi) is 7.52. The molecule has 0 saturated carbocycles. The number of para-hydroxylation sites is 1. The van der Waals surface area contributed by atoms with Crippen LogP contribution >= 0.6 is 11.8 Å². The fourth-order valence-electron chi connectivity index (χ4n) is 4.26. The Balaban J connectivity index is 1.48. The topological polar surface area (TPSA) is 87.0 Å². The Morgan fingerprint density at radius 2 is 1.62 bits per heavy atom. The molecule has 34 heavy (non-hydrogen) atoms. The molecule has 2 aromatic carbocycles. The molecule has 0 N–H and O–H groups in total. The van der Waals surface area contributed by atoms with Gasteiger partial charge in [-0.15, -0.1) is 0 Å². The molecule has 2 heterocycles. The Hall–Kier alpha value is -3.33. The summed E-state index contributed by atoms with van der Waals surface area (Å²) < 4.78 is 0. The van der Waals surface area contributed by atoms with Gasteiger partial charge in [-0.1, -0.05) is 30.0 Å². The first-order valence-corrected chi connectivity index (χ1v) is 12.3. The molecule has 0 aliphatic carbocycles. The largest absolute Gasteiger partial charge is 0.371 e. The second-order valence-electron chi connectivity index (χ2n) is 8.41. The summed E-state index contributed by atoms with van der Waals surface area (Å²) >= 11 is 1.40. The van der Waals surface area contributed by atoms with Crippen molar-refractivity contribution in [3.8, 4) is 0 Å². The standard InChI is InChI=1S/C25H28N4O4S/c1-19(30)26-14-16-28(17-15-26)25(31)11-9-20-8-10-24(22(18-20)29(32)33)34-23-7-3-2-6-21(23)27-12-4-5-13-27/h2-3,6-11,18H,4-5,12-17H2,1H3/b11-9+. The average Bonchev–Trinajstić information content (AvgIpc) is 3.38. The minimum Gasteiger partial charge on any atom is -0.371 e. The number of carbonyl (C=O) groups is 2. The lowest BCUT2D eigenvalue weighted by molar-refractivity contribution is -0.387. The number of piperazine rings is 1. The van der Waals surface area contributed by atoms with Crippen molar-refractivity contribution in [3.05, 3.63) is 64.2 Å². The van der Waals surface area contributed by atoms with Gasteiger partial charge in [-0.2, -0.15) is 0 Å². The maximum atomic E-state index is 12.5. The summed E-state index contributed by atoms with van der Waals surface area (Å²) in [5, 5.41) is 11.8. The monoisotopic (exact) mass is 480 g/mol. The van der Waals surface area contributed by atoms with Gasteiger partial charge in [0, 0.05) is 63.2 Å². The van der Waals surface area contributed by atoms with E-state index >= 15 is 0 Å². The van der Waals surface area contributed by atoms with E-state index in [1.54, 1.807) is 28.0 Å². The van der Waals surface area contributed by atoms with Crippen LogP contribution in [0, 0.1) is 10.1 Å². The average molecular weight is 481 g/mol. The number of hydrogen-bond donors (Lipinski definition) is 0. The van der Waals surface area contributed by atoms with Gasteiger partial charge in [-0.05, 0) is 42.7 Å². The van der Waals surface area contributed by atoms with Crippen molar-refractivity contribution in [1.82, 2.24) is 9.80 Å². The van der Waals surface area contributed by atoms with Crippen LogP contribution in [0.15, 0.2) is 58.3 Å². The molecule has 8 nitrogen and oxygen atoms in total. The predicted molar refractivity (Wildman–Crippen MR) is 133 cm³/mol. The zero-order valence-electron chi connectivity index (χ0n) is 19.2. The summed E-state index contributed by atoms with van der Waals surface area (Å²) in [5.41, 5.74) is 1.73. The highest BCUT2D eigenvalue weighted by atomic mass is 32.2. The number of nitro benzene ring substituents is 1. The van der Waals surface area contributed by atoms with Gasteiger partial charge in [0.25, 0.3) is 5.69 Å². The molecule has 2 amide bonds. The van der Waals surface area contributed by atoms with Gasteiger partial charge in [0.2, 0.25) is 11.8 Å². The summed E-state index contributed by atoms with van der Waals surface area (Å²) in [6.07, 6.45) is 5.37. The highest BCUT2D eigenvalue weighted by molar-refractivity contribution is 7.99. The van der Waals surface area contributed by atoms with E-state index in [9.17, 15) is 19.7 Å². The van der Waals surface area contributed by atoms with Crippen molar-refractivity contribution >= 4 is 41.0 Å². The quantitative estimate of drug-likeness (QED) is 0.352. The number of hydrogen-bond acceptors (Lipinski definition) is 6. The first kappa shape index (κ1) is 23.8. The van der Waals surface area contributed by atoms with E-state index < -0.39 is 0 Å². The molecule has 2 saturated heterocycles. The third-order valence-corrected chi connectivity index (χ3v) is 7.30. The van der Waals surface area contributed by atoms with Crippen molar-refractivity contribution < 1.29 is 14.5 Å². The van der Waals surface area contributed by atoms with E-state index in [0.717, 1.165) is 36.5 Å². The molecule has 2 aromatic rings. The summed E-state index contributed by atoms with van der Waals surface area (Å²) in [5.74, 6) is -0.153. The third-order valence-electron chi connectivity index (χ3n) is 6.17. The Bertz CT molecular complexity index is 1110. The van der Waals surface area contributed by atoms with Gasteiger partial charge in [0.1, 0.15) is 0 Å². The van der Waals surface area contributed by atoms with Gasteiger partial charge in [-0.25, -0.2) is 0 Å². The van der Waals surface area contributed by atoms with Crippen LogP contribution in [0.5, 0.6) is 0 Å². The normalized spacial score (nSPS) is 16.3. The summed E-state index contributed by atoms with van der Waals surface area (Å²) in [4.78, 5) is 42.7. The van der Waals surface area contributed by atoms with Crippen LogP contribution < -0.4 is 4.90 Å². The SMILES string of the molecule is CC(=O)N1CCN(C(=O)/C=C/c2ccc(Sc3ccccc3N3CCCC3)c([N+](=O)[O-])c2)CC1. The van der Waals surface area contributed by atoms with Crippen LogP contribution in [0.1, 0.15) is 25.3 Å². The Morgan fingerprint density at radius 1 is 0.941 bits per heavy atom. The van der Waals surface area contributed by atoms with Crippen molar-refractivity contribution in [3.63, 3.8) is 0 Å². The highest BCUT2D eigenvalue weighted by Gasteiger charge is 2.22. The number of nitro groups is 1. The van der Waals surface area contributed by atoms with Crippen molar-refractivity contribution in [1.29, 1.82) is 0 Å². The number of anilines is 1. The van der Waals surface area contributed by atoms with Gasteiger partial charge in [0.05, 0.1) is 15.5 Å². The fraction of sp³-hybridized carbons (Fsp3) is 0.360. The van der Waals surface area contributed by atoms with E-state index in [4.69, 9.17) is 0 Å². The van der Waals surface area contributed by atoms with Crippen LogP contribution in [0.3, 0.4) is 0 Å². The molecule has 2 aliphatic heterocycles. The summed E-state index contributed by atoms with van der Waals surface area (Å²) in [6, 6.07) is 13.1. The maximum Gasteiger partial charge on any atom is 0.283 e. The van der Waals surface area contributed by atoms with Crippen molar-refractivity contribution in [2.75, 3.05) is 44.2 Å². The molecule has 0 spiro atoms. The van der Waals surface area contributed by atoms with Gasteiger partial charge < -0.3 is 14.7 Å². The fourth-order valence-corrected chi connectivity index (χ4v) is 5.32. The minimum absolute atomic E-state index is 0.0102. The second-order valence-corrected chi connectivity index (χ2v) is 9.50. The van der Waals surface area contributed by atoms with E-state index in [2.05, 4.69) is 11.0 Å². The molecule has 0 bridgehead atoms. The molecule has 4 rings (SSSR count). The Labute approximate surface area is 203 Å². The van der Waals surface area contributed by atoms with E-state index in [1.807, 2.05) is 18.2 Å². The predicted octanol–water partition coefficient (Wildman–Crippen LogP) is 4.05. The molecule has 0 unspecified atom stereocenters. The van der Waals surface area contributed by atoms with E-state index in [1.165, 1.54) is 30.8 Å². The highest BCUT2D eigenvalue weighted by Crippen LogP contribution is 2.40. The van der Waals surface area contributed by atoms with Crippen LogP contribution in [-0.4, -0.2) is 65.8 Å². The lowest BCUT2D eigenvalue weighted by Gasteiger charge is -2.33. The van der Waals surface area contributed by atoms with E-state index in [0.29, 0.717) is 36.6 Å². The molecule has 2 fully saturated rings. The zero-order chi connectivity index (χ0) is 24.1. The molecule has 178 valence electrons. The number of amides is 2.